The first-order valence-corrected chi connectivity index (χ1v) is 10.00. The molecule has 8 heteroatoms. The van der Waals surface area contributed by atoms with Gasteiger partial charge in [-0.2, -0.15) is 0 Å². The Morgan fingerprint density at radius 1 is 1.36 bits per heavy atom. The van der Waals surface area contributed by atoms with Gasteiger partial charge in [-0.15, -0.1) is 0 Å². The smallest absolute Gasteiger partial charge is 0.340 e. The molecule has 156 valence electrons. The normalized spacial score (nSPS) is 26.3. The number of likely N-dealkylation sites (tertiary alicyclic amines) is 1. The van der Waals surface area contributed by atoms with Crippen molar-refractivity contribution in [1.82, 2.24) is 14.8 Å². The largest absolute Gasteiger partial charge is 0.462 e. The second kappa shape index (κ2) is 8.63. The standard InChI is InChI=1S/C20H31N3O5/c1-4-28-19(26)18-14(2)13-21-15(18)11-16(24)23-6-5-20(3,12-17(23)25)22-7-9-27-10-8-22/h13,17,21,25H,4-12H2,1-3H3. The second-order valence-electron chi connectivity index (χ2n) is 7.84. The molecule has 1 aromatic rings. The van der Waals surface area contributed by atoms with Crippen LogP contribution in [0.4, 0.5) is 0 Å². The van der Waals surface area contributed by atoms with Gasteiger partial charge in [0.05, 0.1) is 31.8 Å². The molecule has 0 spiro atoms. The maximum atomic E-state index is 12.9. The summed E-state index contributed by atoms with van der Waals surface area (Å²) in [4.78, 5) is 32.0. The first-order valence-electron chi connectivity index (χ1n) is 10.00. The number of morpholine rings is 1. The molecular formula is C20H31N3O5. The van der Waals surface area contributed by atoms with Crippen molar-refractivity contribution in [2.45, 2.75) is 51.8 Å². The Hall–Kier alpha value is -1.90. The van der Waals surface area contributed by atoms with Crippen molar-refractivity contribution in [3.05, 3.63) is 23.0 Å². The molecule has 1 amide bonds. The molecule has 2 atom stereocenters. The van der Waals surface area contributed by atoms with Crippen molar-refractivity contribution in [2.24, 2.45) is 0 Å². The molecule has 2 saturated heterocycles. The van der Waals surface area contributed by atoms with Crippen molar-refractivity contribution in [2.75, 3.05) is 39.5 Å². The molecule has 2 N–H and O–H groups in total. The van der Waals surface area contributed by atoms with E-state index in [2.05, 4.69) is 16.8 Å². The Labute approximate surface area is 165 Å². The lowest BCUT2D eigenvalue weighted by Crippen LogP contribution is -2.60. The molecule has 2 fully saturated rings. The first-order chi connectivity index (χ1) is 13.4. The Kier molecular flexibility index (Phi) is 6.42. The number of aliphatic hydroxyl groups is 1. The molecule has 0 radical (unpaired) electrons. The van der Waals surface area contributed by atoms with Crippen LogP contribution < -0.4 is 0 Å². The minimum Gasteiger partial charge on any atom is -0.462 e. The summed E-state index contributed by atoms with van der Waals surface area (Å²) >= 11 is 0. The fourth-order valence-electron chi connectivity index (χ4n) is 4.25. The lowest BCUT2D eigenvalue weighted by molar-refractivity contribution is -0.153. The molecule has 2 aliphatic heterocycles. The number of carbonyl (C=O) groups is 2. The number of aryl methyl sites for hydroxylation is 1. The number of aromatic nitrogens is 1. The first kappa shape index (κ1) is 20.8. The third-order valence-electron chi connectivity index (χ3n) is 5.93. The average Bonchev–Trinajstić information content (AvgIpc) is 3.02. The molecule has 1 aromatic heterocycles. The summed E-state index contributed by atoms with van der Waals surface area (Å²) in [6, 6.07) is 0. The third-order valence-corrected chi connectivity index (χ3v) is 5.93. The zero-order valence-corrected chi connectivity index (χ0v) is 17.0. The summed E-state index contributed by atoms with van der Waals surface area (Å²) in [5.41, 5.74) is 1.56. The van der Waals surface area contributed by atoms with E-state index >= 15 is 0 Å². The maximum Gasteiger partial charge on any atom is 0.340 e. The van der Waals surface area contributed by atoms with Gasteiger partial charge >= 0.3 is 5.97 Å². The van der Waals surface area contributed by atoms with Crippen LogP contribution in [0.3, 0.4) is 0 Å². The van der Waals surface area contributed by atoms with Crippen LogP contribution in [-0.2, 0) is 20.7 Å². The molecule has 0 aliphatic carbocycles. The fraction of sp³-hybridized carbons (Fsp3) is 0.700. The lowest BCUT2D eigenvalue weighted by atomic mass is 9.86. The Balaban J connectivity index is 1.65. The number of H-pyrrole nitrogens is 1. The molecular weight excluding hydrogens is 362 g/mol. The molecule has 8 nitrogen and oxygen atoms in total. The van der Waals surface area contributed by atoms with Crippen molar-refractivity contribution in [1.29, 1.82) is 0 Å². The van der Waals surface area contributed by atoms with Gasteiger partial charge in [0, 0.05) is 43.5 Å². The molecule has 0 bridgehead atoms. The minimum atomic E-state index is -0.837. The van der Waals surface area contributed by atoms with Crippen molar-refractivity contribution in [3.63, 3.8) is 0 Å². The van der Waals surface area contributed by atoms with Gasteiger partial charge < -0.3 is 24.5 Å². The number of rotatable bonds is 5. The van der Waals surface area contributed by atoms with E-state index in [9.17, 15) is 14.7 Å². The van der Waals surface area contributed by atoms with E-state index < -0.39 is 12.2 Å². The van der Waals surface area contributed by atoms with Gasteiger partial charge in [0.25, 0.3) is 0 Å². The number of aromatic amines is 1. The fourth-order valence-corrected chi connectivity index (χ4v) is 4.25. The van der Waals surface area contributed by atoms with Crippen LogP contribution in [0.5, 0.6) is 0 Å². The number of hydrogen-bond donors (Lipinski definition) is 2. The molecule has 3 heterocycles. The topological polar surface area (TPSA) is 95.1 Å². The van der Waals surface area contributed by atoms with E-state index in [4.69, 9.17) is 9.47 Å². The van der Waals surface area contributed by atoms with E-state index in [0.29, 0.717) is 37.4 Å². The number of aliphatic hydroxyl groups excluding tert-OH is 1. The number of hydrogen-bond acceptors (Lipinski definition) is 6. The number of nitrogens with zero attached hydrogens (tertiary/aromatic N) is 2. The molecule has 0 aromatic carbocycles. The summed E-state index contributed by atoms with van der Waals surface area (Å²) in [6.07, 6.45) is 2.21. The van der Waals surface area contributed by atoms with Gasteiger partial charge in [-0.25, -0.2) is 4.79 Å². The zero-order valence-electron chi connectivity index (χ0n) is 17.0. The number of ether oxygens (including phenoxy) is 2. The summed E-state index contributed by atoms with van der Waals surface area (Å²) < 4.78 is 10.5. The van der Waals surface area contributed by atoms with Crippen LogP contribution in [0.2, 0.25) is 0 Å². The summed E-state index contributed by atoms with van der Waals surface area (Å²) in [7, 11) is 0. The van der Waals surface area contributed by atoms with Crippen molar-refractivity contribution < 1.29 is 24.2 Å². The SMILES string of the molecule is CCOC(=O)c1c(C)c[nH]c1CC(=O)N1CCC(C)(N2CCOCC2)CC1O. The van der Waals surface area contributed by atoms with Crippen LogP contribution >= 0.6 is 0 Å². The van der Waals surface area contributed by atoms with Crippen LogP contribution in [0.1, 0.15) is 48.3 Å². The van der Waals surface area contributed by atoms with Gasteiger partial charge in [0.15, 0.2) is 0 Å². The van der Waals surface area contributed by atoms with Gasteiger partial charge in [-0.3, -0.25) is 9.69 Å². The summed E-state index contributed by atoms with van der Waals surface area (Å²) in [6.45, 7) is 9.58. The number of esters is 1. The average molecular weight is 393 g/mol. The Morgan fingerprint density at radius 2 is 2.07 bits per heavy atom. The zero-order chi connectivity index (χ0) is 20.3. The maximum absolute atomic E-state index is 12.9. The summed E-state index contributed by atoms with van der Waals surface area (Å²) in [5, 5.41) is 10.7. The van der Waals surface area contributed by atoms with Gasteiger partial charge in [0.1, 0.15) is 6.23 Å². The number of piperidine rings is 1. The molecule has 2 aliphatic rings. The molecule has 0 saturated carbocycles. The van der Waals surface area contributed by atoms with Crippen LogP contribution in [0, 0.1) is 6.92 Å². The number of carbonyl (C=O) groups excluding carboxylic acids is 2. The number of amides is 1. The Morgan fingerprint density at radius 3 is 2.71 bits per heavy atom. The highest BCUT2D eigenvalue weighted by atomic mass is 16.5. The minimum absolute atomic E-state index is 0.0350. The highest BCUT2D eigenvalue weighted by Crippen LogP contribution is 2.32. The van der Waals surface area contributed by atoms with Gasteiger partial charge in [-0.05, 0) is 32.8 Å². The van der Waals surface area contributed by atoms with Crippen LogP contribution in [0.25, 0.3) is 0 Å². The van der Waals surface area contributed by atoms with Crippen molar-refractivity contribution >= 4 is 11.9 Å². The number of nitrogens with one attached hydrogen (secondary N) is 1. The van der Waals surface area contributed by atoms with E-state index in [0.717, 1.165) is 25.1 Å². The quantitative estimate of drug-likeness (QED) is 0.727. The molecule has 3 rings (SSSR count). The molecule has 28 heavy (non-hydrogen) atoms. The molecule has 2 unspecified atom stereocenters. The van der Waals surface area contributed by atoms with Crippen molar-refractivity contribution in [3.8, 4) is 0 Å². The second-order valence-corrected chi connectivity index (χ2v) is 7.84. The third kappa shape index (κ3) is 4.24. The summed E-state index contributed by atoms with van der Waals surface area (Å²) in [5.74, 6) is -0.618. The van der Waals surface area contributed by atoms with E-state index in [1.54, 1.807) is 20.0 Å². The predicted octanol–water partition coefficient (Wildman–Crippen LogP) is 1.07. The van der Waals surface area contributed by atoms with Crippen LogP contribution in [-0.4, -0.2) is 83.0 Å². The van der Waals surface area contributed by atoms with Gasteiger partial charge in [0.2, 0.25) is 5.91 Å². The lowest BCUT2D eigenvalue weighted by Gasteiger charge is -2.49. The van der Waals surface area contributed by atoms with Crippen LogP contribution in [0.15, 0.2) is 6.20 Å². The predicted molar refractivity (Wildman–Crippen MR) is 103 cm³/mol. The monoisotopic (exact) mass is 393 g/mol. The van der Waals surface area contributed by atoms with Gasteiger partial charge in [-0.1, -0.05) is 0 Å². The van der Waals surface area contributed by atoms with E-state index in [1.807, 2.05) is 0 Å². The van der Waals surface area contributed by atoms with E-state index in [-0.39, 0.29) is 24.5 Å². The Bertz CT molecular complexity index is 713. The highest BCUT2D eigenvalue weighted by molar-refractivity contribution is 5.94. The van der Waals surface area contributed by atoms with E-state index in [1.165, 1.54) is 4.90 Å². The highest BCUT2D eigenvalue weighted by Gasteiger charge is 2.42.